The summed E-state index contributed by atoms with van der Waals surface area (Å²) in [5, 5.41) is 19.8. The average molecular weight is 663 g/mol. The van der Waals surface area contributed by atoms with Crippen LogP contribution in [-0.2, 0) is 14.8 Å². The summed E-state index contributed by atoms with van der Waals surface area (Å²) in [4.78, 5) is 25.9. The van der Waals surface area contributed by atoms with Crippen molar-refractivity contribution in [3.8, 4) is 22.9 Å². The molecule has 6 rings (SSSR count). The van der Waals surface area contributed by atoms with Crippen LogP contribution in [-0.4, -0.2) is 84.7 Å². The minimum Gasteiger partial charge on any atom is -0.497 e. The molecule has 0 bridgehead atoms. The number of methoxy groups -OCH3 is 1. The Bertz CT molecular complexity index is 1870. The van der Waals surface area contributed by atoms with E-state index >= 15 is 0 Å². The molecule has 4 aromatic rings. The Kier molecular flexibility index (Phi) is 9.11. The highest BCUT2D eigenvalue weighted by atomic mass is 32.2. The fraction of sp³-hybridized carbons (Fsp3) is 0.312. The summed E-state index contributed by atoms with van der Waals surface area (Å²) in [7, 11) is -2.48. The van der Waals surface area contributed by atoms with Gasteiger partial charge < -0.3 is 19.5 Å². The van der Waals surface area contributed by atoms with Gasteiger partial charge in [-0.3, -0.25) is 15.0 Å². The fourth-order valence-corrected chi connectivity index (χ4v) is 7.48. The third-order valence-corrected chi connectivity index (χ3v) is 10.1. The standard InChI is InChI=1S/C32H34N6O8S/c1-3-45-32(39)31-30-29(34-37(31)22-8-10-24(11-9-22)46-25-14-12-23(44-2)13-15-25)27(16-17-33-30)35-18-20-36(21-19-35)47(42,43)28-7-5-4-6-26(28)38(40)41/h4-15,27,33H,3,16-21H2,1-2H3/t27-/m1/s1. The molecule has 1 fully saturated rings. The van der Waals surface area contributed by atoms with E-state index < -0.39 is 26.6 Å². The van der Waals surface area contributed by atoms with Crippen LogP contribution >= 0.6 is 0 Å². The Labute approximate surface area is 271 Å². The Hall–Kier alpha value is -4.99. The predicted octanol–water partition coefficient (Wildman–Crippen LogP) is 4.62. The van der Waals surface area contributed by atoms with Crippen molar-refractivity contribution < 1.29 is 32.3 Å². The Morgan fingerprint density at radius 3 is 2.26 bits per heavy atom. The highest BCUT2D eigenvalue weighted by Gasteiger charge is 2.39. The van der Waals surface area contributed by atoms with Crippen LogP contribution in [0.5, 0.6) is 17.2 Å². The SMILES string of the molecule is CCOC(=O)c1c2c(nn1-c1ccc(Oc3ccc(OC)cc3)cc1)[C@H](N1CCN(S(=O)(=O)c3ccccc3[N+](=O)[O-])CC1)CCN2. The molecule has 3 aromatic carbocycles. The minimum absolute atomic E-state index is 0.148. The molecule has 1 N–H and O–H groups in total. The molecule has 1 aromatic heterocycles. The van der Waals surface area contributed by atoms with E-state index in [1.54, 1.807) is 67.2 Å². The van der Waals surface area contributed by atoms with Crippen molar-refractivity contribution in [3.05, 3.63) is 94.3 Å². The zero-order chi connectivity index (χ0) is 33.1. The van der Waals surface area contributed by atoms with Gasteiger partial charge in [0.2, 0.25) is 10.0 Å². The summed E-state index contributed by atoms with van der Waals surface area (Å²) in [5.41, 5.74) is 1.69. The molecule has 1 atom stereocenters. The van der Waals surface area contributed by atoms with Gasteiger partial charge in [-0.05, 0) is 67.9 Å². The molecule has 0 aliphatic carbocycles. The number of carbonyl (C=O) groups is 1. The van der Waals surface area contributed by atoms with Crippen molar-refractivity contribution in [2.45, 2.75) is 24.3 Å². The molecule has 246 valence electrons. The molecule has 0 spiro atoms. The van der Waals surface area contributed by atoms with Crippen LogP contribution in [0.3, 0.4) is 0 Å². The Morgan fingerprint density at radius 2 is 1.62 bits per heavy atom. The number of piperazine rings is 1. The van der Waals surface area contributed by atoms with Gasteiger partial charge in [0.15, 0.2) is 10.6 Å². The van der Waals surface area contributed by atoms with Crippen LogP contribution in [0.4, 0.5) is 11.4 Å². The number of fused-ring (bicyclic) bond motifs is 1. The molecule has 0 radical (unpaired) electrons. The summed E-state index contributed by atoms with van der Waals surface area (Å²) in [6.07, 6.45) is 0.678. The van der Waals surface area contributed by atoms with Crippen molar-refractivity contribution in [1.29, 1.82) is 0 Å². The maximum absolute atomic E-state index is 13.4. The van der Waals surface area contributed by atoms with Crippen LogP contribution in [0.2, 0.25) is 0 Å². The first-order valence-corrected chi connectivity index (χ1v) is 16.6. The number of nitrogens with zero attached hydrogens (tertiary/aromatic N) is 5. The average Bonchev–Trinajstić information content (AvgIpc) is 3.49. The topological polar surface area (TPSA) is 158 Å². The summed E-state index contributed by atoms with van der Waals surface area (Å²) in [6.45, 7) is 3.55. The summed E-state index contributed by atoms with van der Waals surface area (Å²) in [5.74, 6) is 1.44. The number of aromatic nitrogens is 2. The molecule has 3 heterocycles. The van der Waals surface area contributed by atoms with Gasteiger partial charge in [0.05, 0.1) is 36.1 Å². The number of rotatable bonds is 10. The first-order chi connectivity index (χ1) is 22.7. The van der Waals surface area contributed by atoms with Crippen molar-refractivity contribution in [2.75, 3.05) is 51.8 Å². The number of nitrogens with one attached hydrogen (secondary N) is 1. The number of ether oxygens (including phenoxy) is 3. The van der Waals surface area contributed by atoms with Gasteiger partial charge in [0.25, 0.3) is 5.69 Å². The molecule has 15 heteroatoms. The van der Waals surface area contributed by atoms with Gasteiger partial charge in [0, 0.05) is 38.8 Å². The number of hydrogen-bond donors (Lipinski definition) is 1. The van der Waals surface area contributed by atoms with E-state index in [1.165, 1.54) is 28.6 Å². The molecule has 1 saturated heterocycles. The highest BCUT2D eigenvalue weighted by Crippen LogP contribution is 2.38. The number of esters is 1. The third-order valence-electron chi connectivity index (χ3n) is 8.19. The number of anilines is 1. The lowest BCUT2D eigenvalue weighted by molar-refractivity contribution is -0.387. The molecular formula is C32H34N6O8S. The number of hydrogen-bond acceptors (Lipinski definition) is 11. The van der Waals surface area contributed by atoms with E-state index in [0.29, 0.717) is 54.6 Å². The number of nitro benzene ring substituents is 1. The zero-order valence-corrected chi connectivity index (χ0v) is 26.7. The zero-order valence-electron chi connectivity index (χ0n) is 25.9. The molecule has 2 aliphatic heterocycles. The number of carbonyl (C=O) groups excluding carboxylic acids is 1. The predicted molar refractivity (Wildman–Crippen MR) is 172 cm³/mol. The molecular weight excluding hydrogens is 628 g/mol. The van der Waals surface area contributed by atoms with Crippen molar-refractivity contribution in [3.63, 3.8) is 0 Å². The molecule has 0 amide bonds. The molecule has 47 heavy (non-hydrogen) atoms. The largest absolute Gasteiger partial charge is 0.497 e. The second kappa shape index (κ2) is 13.4. The van der Waals surface area contributed by atoms with Gasteiger partial charge in [-0.1, -0.05) is 12.1 Å². The Morgan fingerprint density at radius 1 is 0.979 bits per heavy atom. The van der Waals surface area contributed by atoms with Crippen molar-refractivity contribution >= 4 is 27.4 Å². The summed E-state index contributed by atoms with van der Waals surface area (Å²) >= 11 is 0. The van der Waals surface area contributed by atoms with Gasteiger partial charge in [-0.15, -0.1) is 0 Å². The summed E-state index contributed by atoms with van der Waals surface area (Å²) < 4.78 is 46.2. The van der Waals surface area contributed by atoms with Gasteiger partial charge >= 0.3 is 5.97 Å². The summed E-state index contributed by atoms with van der Waals surface area (Å²) in [6, 6.07) is 19.6. The number of para-hydroxylation sites is 1. The second-order valence-electron chi connectivity index (χ2n) is 10.9. The fourth-order valence-electron chi connectivity index (χ4n) is 5.90. The molecule has 0 saturated carbocycles. The van der Waals surface area contributed by atoms with Gasteiger partial charge in [0.1, 0.15) is 22.9 Å². The molecule has 2 aliphatic rings. The number of sulfonamides is 1. The Balaban J connectivity index is 1.24. The highest BCUT2D eigenvalue weighted by molar-refractivity contribution is 7.89. The van der Waals surface area contributed by atoms with Crippen LogP contribution in [0.15, 0.2) is 77.7 Å². The maximum atomic E-state index is 13.4. The van der Waals surface area contributed by atoms with E-state index in [-0.39, 0.29) is 36.3 Å². The van der Waals surface area contributed by atoms with Crippen LogP contribution in [0.1, 0.15) is 35.6 Å². The van der Waals surface area contributed by atoms with E-state index in [0.717, 1.165) is 5.75 Å². The maximum Gasteiger partial charge on any atom is 0.359 e. The lowest BCUT2D eigenvalue weighted by atomic mass is 10.0. The molecule has 14 nitrogen and oxygen atoms in total. The first-order valence-electron chi connectivity index (χ1n) is 15.1. The minimum atomic E-state index is -4.08. The number of benzene rings is 3. The number of nitro groups is 1. The molecule has 0 unspecified atom stereocenters. The van der Waals surface area contributed by atoms with Crippen LogP contribution < -0.4 is 14.8 Å². The van der Waals surface area contributed by atoms with Crippen molar-refractivity contribution in [1.82, 2.24) is 19.0 Å². The van der Waals surface area contributed by atoms with Gasteiger partial charge in [-0.2, -0.15) is 9.40 Å². The van der Waals surface area contributed by atoms with Crippen LogP contribution in [0.25, 0.3) is 5.69 Å². The first kappa shape index (κ1) is 32.0. The van der Waals surface area contributed by atoms with Crippen molar-refractivity contribution in [2.24, 2.45) is 0 Å². The van der Waals surface area contributed by atoms with E-state index in [9.17, 15) is 23.3 Å². The van der Waals surface area contributed by atoms with Crippen LogP contribution in [0, 0.1) is 10.1 Å². The normalized spacial score (nSPS) is 16.9. The quantitative estimate of drug-likeness (QED) is 0.143. The smallest absolute Gasteiger partial charge is 0.359 e. The van der Waals surface area contributed by atoms with E-state index in [2.05, 4.69) is 10.2 Å². The monoisotopic (exact) mass is 662 g/mol. The van der Waals surface area contributed by atoms with Gasteiger partial charge in [-0.25, -0.2) is 17.9 Å². The lowest BCUT2D eigenvalue weighted by Crippen LogP contribution is -2.50. The van der Waals surface area contributed by atoms with E-state index in [1.807, 2.05) is 0 Å². The van der Waals surface area contributed by atoms with E-state index in [4.69, 9.17) is 19.3 Å². The lowest BCUT2D eigenvalue weighted by Gasteiger charge is -2.39. The second-order valence-corrected chi connectivity index (χ2v) is 12.8. The third kappa shape index (κ3) is 6.37.